The minimum absolute atomic E-state index is 0.0315. The number of halogens is 1. The van der Waals surface area contributed by atoms with Crippen molar-refractivity contribution >= 4 is 39.3 Å². The molecule has 2 aromatic heterocycles. The van der Waals surface area contributed by atoms with Crippen LogP contribution in [0.5, 0.6) is 0 Å². The van der Waals surface area contributed by atoms with Crippen LogP contribution in [0.1, 0.15) is 36.6 Å². The molecule has 0 spiro atoms. The third kappa shape index (κ3) is 3.41. The predicted molar refractivity (Wildman–Crippen MR) is 120 cm³/mol. The van der Waals surface area contributed by atoms with E-state index in [2.05, 4.69) is 10.5 Å². The van der Waals surface area contributed by atoms with Crippen molar-refractivity contribution in [3.8, 4) is 0 Å². The molecule has 0 bridgehead atoms. The number of amides is 1. The third-order valence-corrected chi connectivity index (χ3v) is 6.55. The van der Waals surface area contributed by atoms with Crippen molar-refractivity contribution in [1.82, 2.24) is 15.0 Å². The quantitative estimate of drug-likeness (QED) is 0.501. The number of benzene rings is 2. The minimum atomic E-state index is -0.140. The van der Waals surface area contributed by atoms with Crippen molar-refractivity contribution in [3.05, 3.63) is 75.2 Å². The van der Waals surface area contributed by atoms with Gasteiger partial charge in [0.15, 0.2) is 0 Å². The van der Waals surface area contributed by atoms with E-state index in [-0.39, 0.29) is 23.4 Å². The first-order valence-electron chi connectivity index (χ1n) is 10.4. The van der Waals surface area contributed by atoms with Gasteiger partial charge >= 0.3 is 0 Å². The normalized spacial score (nSPS) is 18.6. The fourth-order valence-electron chi connectivity index (χ4n) is 4.69. The Bertz CT molecular complexity index is 1340. The van der Waals surface area contributed by atoms with E-state index in [1.165, 1.54) is 0 Å². The monoisotopic (exact) mass is 435 g/mol. The van der Waals surface area contributed by atoms with Gasteiger partial charge in [0, 0.05) is 23.9 Å². The van der Waals surface area contributed by atoms with Crippen molar-refractivity contribution in [1.29, 1.82) is 0 Å². The molecule has 1 aliphatic carbocycles. The van der Waals surface area contributed by atoms with Crippen molar-refractivity contribution in [2.24, 2.45) is 5.92 Å². The lowest BCUT2D eigenvalue weighted by Crippen LogP contribution is -2.30. The highest BCUT2D eigenvalue weighted by molar-refractivity contribution is 6.37. The van der Waals surface area contributed by atoms with E-state index >= 15 is 0 Å². The van der Waals surface area contributed by atoms with Crippen LogP contribution in [0.4, 0.5) is 0 Å². The van der Waals surface area contributed by atoms with Crippen molar-refractivity contribution < 1.29 is 9.32 Å². The first-order chi connectivity index (χ1) is 15.0. The fraction of sp³-hybridized carbons (Fsp3) is 0.292. The van der Waals surface area contributed by atoms with Crippen molar-refractivity contribution in [3.63, 3.8) is 0 Å². The van der Waals surface area contributed by atoms with Crippen molar-refractivity contribution in [2.75, 3.05) is 0 Å². The predicted octanol–water partition coefficient (Wildman–Crippen LogP) is 4.76. The maximum Gasteiger partial charge on any atom is 0.264 e. The number of nitrogens with one attached hydrogen (secondary N) is 1. The number of fused-ring (bicyclic) bond motifs is 3. The van der Waals surface area contributed by atoms with Gasteiger partial charge in [-0.3, -0.25) is 9.59 Å². The van der Waals surface area contributed by atoms with Crippen LogP contribution in [0.25, 0.3) is 21.8 Å². The molecule has 7 heteroatoms. The molecule has 1 aliphatic rings. The molecule has 2 atom stereocenters. The van der Waals surface area contributed by atoms with E-state index in [1.807, 2.05) is 42.5 Å². The topological polar surface area (TPSA) is 77.1 Å². The van der Waals surface area contributed by atoms with Gasteiger partial charge in [-0.2, -0.15) is 0 Å². The van der Waals surface area contributed by atoms with E-state index in [0.717, 1.165) is 23.9 Å². The summed E-state index contributed by atoms with van der Waals surface area (Å²) in [6, 6.07) is 15.3. The summed E-state index contributed by atoms with van der Waals surface area (Å²) < 4.78 is 7.11. The van der Waals surface area contributed by atoms with Gasteiger partial charge in [-0.05, 0) is 43.9 Å². The number of aryl methyl sites for hydroxylation is 1. The first kappa shape index (κ1) is 19.8. The molecule has 0 radical (unpaired) electrons. The Morgan fingerprint density at radius 2 is 1.97 bits per heavy atom. The van der Waals surface area contributed by atoms with E-state index in [9.17, 15) is 9.59 Å². The van der Waals surface area contributed by atoms with Crippen LogP contribution >= 0.6 is 11.6 Å². The van der Waals surface area contributed by atoms with Crippen LogP contribution in [0.3, 0.4) is 0 Å². The molecule has 1 amide bonds. The second-order valence-electron chi connectivity index (χ2n) is 8.14. The smallest absolute Gasteiger partial charge is 0.264 e. The summed E-state index contributed by atoms with van der Waals surface area (Å²) in [5.74, 6) is 0.379. The number of rotatable bonds is 4. The van der Waals surface area contributed by atoms with Crippen LogP contribution in [0, 0.1) is 12.8 Å². The van der Waals surface area contributed by atoms with Gasteiger partial charge < -0.3 is 14.4 Å². The lowest BCUT2D eigenvalue weighted by atomic mass is 10.1. The second kappa shape index (κ2) is 7.85. The molecule has 2 aromatic carbocycles. The van der Waals surface area contributed by atoms with Gasteiger partial charge in [-0.25, -0.2) is 0 Å². The molecule has 1 saturated carbocycles. The van der Waals surface area contributed by atoms with Gasteiger partial charge in [0.1, 0.15) is 16.7 Å². The molecule has 0 saturated heterocycles. The second-order valence-corrected chi connectivity index (χ2v) is 8.55. The van der Waals surface area contributed by atoms with E-state index in [1.54, 1.807) is 17.6 Å². The van der Waals surface area contributed by atoms with Crippen LogP contribution in [0.15, 0.2) is 57.8 Å². The van der Waals surface area contributed by atoms with E-state index < -0.39 is 0 Å². The SMILES string of the molecule is Cc1onc2c1c(=O)n([C@H]1CC[C@@H](C(=O)NCc3ccccc3)C1)c1cccc(Cl)c21. The number of pyridine rings is 1. The summed E-state index contributed by atoms with van der Waals surface area (Å²) >= 11 is 6.49. The molecular formula is C24H22ClN3O3. The Kier molecular flexibility index (Phi) is 5.02. The number of hydrogen-bond donors (Lipinski definition) is 1. The van der Waals surface area contributed by atoms with Gasteiger partial charge in [0.05, 0.1) is 10.5 Å². The lowest BCUT2D eigenvalue weighted by molar-refractivity contribution is -0.125. The molecule has 0 unspecified atom stereocenters. The zero-order valence-corrected chi connectivity index (χ0v) is 17.9. The number of carbonyl (C=O) groups is 1. The largest absolute Gasteiger partial charge is 0.360 e. The molecule has 1 fully saturated rings. The Balaban J connectivity index is 1.47. The average Bonchev–Trinajstić information content (AvgIpc) is 3.40. The average molecular weight is 436 g/mol. The maximum absolute atomic E-state index is 13.4. The molecule has 6 nitrogen and oxygen atoms in total. The number of nitrogens with zero attached hydrogens (tertiary/aromatic N) is 2. The Morgan fingerprint density at radius 1 is 1.16 bits per heavy atom. The highest BCUT2D eigenvalue weighted by Gasteiger charge is 2.33. The zero-order chi connectivity index (χ0) is 21.5. The molecular weight excluding hydrogens is 414 g/mol. The molecule has 2 heterocycles. The van der Waals surface area contributed by atoms with Gasteiger partial charge in [-0.15, -0.1) is 0 Å². The number of aromatic nitrogens is 2. The van der Waals surface area contributed by atoms with Gasteiger partial charge in [-0.1, -0.05) is 53.2 Å². The summed E-state index contributed by atoms with van der Waals surface area (Å²) in [4.78, 5) is 26.2. The summed E-state index contributed by atoms with van der Waals surface area (Å²) in [7, 11) is 0. The standard InChI is InChI=1S/C24H22ClN3O3/c1-14-20-22(27-31-14)21-18(25)8-5-9-19(21)28(24(20)30)17-11-10-16(12-17)23(29)26-13-15-6-3-2-4-7-15/h2-9,16-17H,10-13H2,1H3,(H,26,29)/t16-,17+/m1/s1. The summed E-state index contributed by atoms with van der Waals surface area (Å²) in [6.45, 7) is 2.24. The van der Waals surface area contributed by atoms with Crippen molar-refractivity contribution in [2.45, 2.75) is 38.8 Å². The van der Waals surface area contributed by atoms with E-state index in [0.29, 0.717) is 40.0 Å². The zero-order valence-electron chi connectivity index (χ0n) is 17.1. The molecule has 4 aromatic rings. The third-order valence-electron chi connectivity index (χ3n) is 6.23. The Hall–Kier alpha value is -3.12. The van der Waals surface area contributed by atoms with Crippen LogP contribution in [-0.2, 0) is 11.3 Å². The highest BCUT2D eigenvalue weighted by Crippen LogP contribution is 2.38. The Morgan fingerprint density at radius 3 is 2.77 bits per heavy atom. The lowest BCUT2D eigenvalue weighted by Gasteiger charge is -2.18. The molecule has 5 rings (SSSR count). The molecule has 1 N–H and O–H groups in total. The summed E-state index contributed by atoms with van der Waals surface area (Å²) in [6.07, 6.45) is 2.10. The minimum Gasteiger partial charge on any atom is -0.360 e. The molecule has 0 aliphatic heterocycles. The molecule has 158 valence electrons. The fourth-order valence-corrected chi connectivity index (χ4v) is 4.95. The Labute approximate surface area is 183 Å². The highest BCUT2D eigenvalue weighted by atomic mass is 35.5. The van der Waals surface area contributed by atoms with Crippen LogP contribution in [0.2, 0.25) is 5.02 Å². The summed E-state index contributed by atoms with van der Waals surface area (Å²) in [5.41, 5.74) is 2.15. The van der Waals surface area contributed by atoms with Gasteiger partial charge in [0.2, 0.25) is 5.91 Å². The van der Waals surface area contributed by atoms with Crippen LogP contribution < -0.4 is 10.9 Å². The first-order valence-corrected chi connectivity index (χ1v) is 10.8. The van der Waals surface area contributed by atoms with E-state index in [4.69, 9.17) is 16.1 Å². The number of hydrogen-bond acceptors (Lipinski definition) is 4. The van der Waals surface area contributed by atoms with Gasteiger partial charge in [0.25, 0.3) is 5.56 Å². The molecule has 31 heavy (non-hydrogen) atoms. The van der Waals surface area contributed by atoms with Crippen LogP contribution in [-0.4, -0.2) is 15.6 Å². The summed E-state index contributed by atoms with van der Waals surface area (Å²) in [5, 5.41) is 8.83. The number of carbonyl (C=O) groups excluding carboxylic acids is 1. The maximum atomic E-state index is 13.4.